The summed E-state index contributed by atoms with van der Waals surface area (Å²) >= 11 is 0. The van der Waals surface area contributed by atoms with Gasteiger partial charge in [-0.15, -0.1) is 0 Å². The van der Waals surface area contributed by atoms with E-state index < -0.39 is 0 Å². The lowest BCUT2D eigenvalue weighted by Gasteiger charge is -2.29. The van der Waals surface area contributed by atoms with Gasteiger partial charge in [-0.25, -0.2) is 0 Å². The lowest BCUT2D eigenvalue weighted by molar-refractivity contribution is -0.118. The molecule has 0 aromatic rings. The Bertz CT molecular complexity index is 191. The van der Waals surface area contributed by atoms with Gasteiger partial charge in [0.2, 0.25) is 5.91 Å². The van der Waals surface area contributed by atoms with Gasteiger partial charge in [-0.3, -0.25) is 4.79 Å². The van der Waals surface area contributed by atoms with Crippen molar-refractivity contribution in [3.63, 3.8) is 0 Å². The summed E-state index contributed by atoms with van der Waals surface area (Å²) in [7, 11) is 0. The van der Waals surface area contributed by atoms with Crippen LogP contribution >= 0.6 is 0 Å². The summed E-state index contributed by atoms with van der Waals surface area (Å²) in [4.78, 5) is 11.0. The third kappa shape index (κ3) is 3.19. The molecule has 0 radical (unpaired) electrons. The minimum atomic E-state index is -0.0817. The standard InChI is InChI=1S/C10H17NO2/c1-3-9-7-8(5-6-13-9)11-10(12)4-2/h4,8-9H,2-3,5-7H2,1H3,(H,11,12). The molecule has 1 aliphatic rings. The predicted molar refractivity (Wildman–Crippen MR) is 51.4 cm³/mol. The van der Waals surface area contributed by atoms with Gasteiger partial charge in [-0.2, -0.15) is 0 Å². The number of hydrogen-bond acceptors (Lipinski definition) is 2. The van der Waals surface area contributed by atoms with Crippen LogP contribution in [0.1, 0.15) is 26.2 Å². The second-order valence-corrected chi connectivity index (χ2v) is 3.34. The minimum Gasteiger partial charge on any atom is -0.378 e. The summed E-state index contributed by atoms with van der Waals surface area (Å²) in [5, 5.41) is 2.90. The zero-order valence-electron chi connectivity index (χ0n) is 8.08. The Morgan fingerprint density at radius 2 is 2.54 bits per heavy atom. The molecule has 1 saturated heterocycles. The molecule has 1 aliphatic heterocycles. The van der Waals surface area contributed by atoms with E-state index in [1.807, 2.05) is 0 Å². The van der Waals surface area contributed by atoms with E-state index in [2.05, 4.69) is 18.8 Å². The van der Waals surface area contributed by atoms with Gasteiger partial charge in [0.1, 0.15) is 0 Å². The normalized spacial score (nSPS) is 28.1. The Balaban J connectivity index is 2.33. The number of rotatable bonds is 3. The first-order chi connectivity index (χ1) is 6.26. The van der Waals surface area contributed by atoms with Crippen LogP contribution in [-0.4, -0.2) is 24.7 Å². The average molecular weight is 183 g/mol. The summed E-state index contributed by atoms with van der Waals surface area (Å²) in [6.07, 6.45) is 4.48. The fourth-order valence-electron chi connectivity index (χ4n) is 1.56. The maximum absolute atomic E-state index is 11.0. The van der Waals surface area contributed by atoms with Gasteiger partial charge in [0, 0.05) is 12.6 Å². The molecule has 0 aliphatic carbocycles. The lowest BCUT2D eigenvalue weighted by atomic mass is 10.0. The number of nitrogens with one attached hydrogen (secondary N) is 1. The highest BCUT2D eigenvalue weighted by atomic mass is 16.5. The molecular formula is C10H17NO2. The summed E-state index contributed by atoms with van der Waals surface area (Å²) in [5.74, 6) is -0.0817. The molecule has 2 atom stereocenters. The highest BCUT2D eigenvalue weighted by molar-refractivity contribution is 5.87. The second kappa shape index (κ2) is 5.02. The molecule has 1 fully saturated rings. The van der Waals surface area contributed by atoms with E-state index >= 15 is 0 Å². The number of amides is 1. The van der Waals surface area contributed by atoms with Crippen molar-refractivity contribution in [2.24, 2.45) is 0 Å². The van der Waals surface area contributed by atoms with Crippen LogP contribution in [0, 0.1) is 0 Å². The maximum Gasteiger partial charge on any atom is 0.243 e. The van der Waals surface area contributed by atoms with E-state index in [-0.39, 0.29) is 11.9 Å². The molecule has 0 bridgehead atoms. The summed E-state index contributed by atoms with van der Waals surface area (Å²) < 4.78 is 5.50. The Labute approximate surface area is 79.2 Å². The summed E-state index contributed by atoms with van der Waals surface area (Å²) in [5.41, 5.74) is 0. The summed E-state index contributed by atoms with van der Waals surface area (Å²) in [6.45, 7) is 6.27. The molecule has 1 rings (SSSR count). The topological polar surface area (TPSA) is 38.3 Å². The number of carbonyl (C=O) groups is 1. The van der Waals surface area contributed by atoms with E-state index in [9.17, 15) is 4.79 Å². The molecule has 13 heavy (non-hydrogen) atoms. The largest absolute Gasteiger partial charge is 0.378 e. The molecule has 3 heteroatoms. The van der Waals surface area contributed by atoms with Crippen LogP contribution in [0.2, 0.25) is 0 Å². The van der Waals surface area contributed by atoms with Gasteiger partial charge >= 0.3 is 0 Å². The SMILES string of the molecule is C=CC(=O)NC1CCOC(CC)C1. The van der Waals surface area contributed by atoms with Gasteiger partial charge in [0.15, 0.2) is 0 Å². The molecule has 3 nitrogen and oxygen atoms in total. The zero-order chi connectivity index (χ0) is 9.68. The average Bonchev–Trinajstić information content (AvgIpc) is 2.18. The van der Waals surface area contributed by atoms with Crippen LogP contribution in [0.4, 0.5) is 0 Å². The Hall–Kier alpha value is -0.830. The fourth-order valence-corrected chi connectivity index (χ4v) is 1.56. The number of ether oxygens (including phenoxy) is 1. The van der Waals surface area contributed by atoms with Crippen LogP contribution in [0.3, 0.4) is 0 Å². The first-order valence-corrected chi connectivity index (χ1v) is 4.80. The van der Waals surface area contributed by atoms with Crippen molar-refractivity contribution in [2.75, 3.05) is 6.61 Å². The van der Waals surface area contributed by atoms with Crippen molar-refractivity contribution in [3.8, 4) is 0 Å². The smallest absolute Gasteiger partial charge is 0.243 e. The Kier molecular flexibility index (Phi) is 3.96. The fraction of sp³-hybridized carbons (Fsp3) is 0.700. The van der Waals surface area contributed by atoms with E-state index in [1.165, 1.54) is 6.08 Å². The van der Waals surface area contributed by atoms with Gasteiger partial charge in [-0.05, 0) is 25.3 Å². The molecule has 0 aromatic heterocycles. The number of carbonyl (C=O) groups excluding carboxylic acids is 1. The van der Waals surface area contributed by atoms with Crippen molar-refractivity contribution >= 4 is 5.91 Å². The molecule has 0 spiro atoms. The third-order valence-corrected chi connectivity index (χ3v) is 2.35. The second-order valence-electron chi connectivity index (χ2n) is 3.34. The monoisotopic (exact) mass is 183 g/mol. The maximum atomic E-state index is 11.0. The quantitative estimate of drug-likeness (QED) is 0.669. The van der Waals surface area contributed by atoms with Gasteiger partial charge in [0.25, 0.3) is 0 Å². The Morgan fingerprint density at radius 1 is 1.77 bits per heavy atom. The van der Waals surface area contributed by atoms with E-state index in [1.54, 1.807) is 0 Å². The van der Waals surface area contributed by atoms with Crippen LogP contribution in [-0.2, 0) is 9.53 Å². The molecule has 0 aromatic carbocycles. The number of hydrogen-bond donors (Lipinski definition) is 1. The van der Waals surface area contributed by atoms with Crippen LogP contribution in [0.5, 0.6) is 0 Å². The van der Waals surface area contributed by atoms with Crippen molar-refractivity contribution < 1.29 is 9.53 Å². The van der Waals surface area contributed by atoms with E-state index in [0.717, 1.165) is 25.9 Å². The lowest BCUT2D eigenvalue weighted by Crippen LogP contribution is -2.41. The zero-order valence-corrected chi connectivity index (χ0v) is 8.08. The van der Waals surface area contributed by atoms with Crippen molar-refractivity contribution in [2.45, 2.75) is 38.3 Å². The summed E-state index contributed by atoms with van der Waals surface area (Å²) in [6, 6.07) is 0.268. The van der Waals surface area contributed by atoms with Crippen molar-refractivity contribution in [1.82, 2.24) is 5.32 Å². The first-order valence-electron chi connectivity index (χ1n) is 4.80. The molecule has 2 unspecified atom stereocenters. The first kappa shape index (κ1) is 10.3. The molecule has 1 N–H and O–H groups in total. The molecule has 1 amide bonds. The van der Waals surface area contributed by atoms with Gasteiger partial charge in [0.05, 0.1) is 6.10 Å². The molecule has 0 saturated carbocycles. The van der Waals surface area contributed by atoms with Crippen LogP contribution in [0.15, 0.2) is 12.7 Å². The van der Waals surface area contributed by atoms with Gasteiger partial charge < -0.3 is 10.1 Å². The van der Waals surface area contributed by atoms with Crippen LogP contribution < -0.4 is 5.32 Å². The van der Waals surface area contributed by atoms with Crippen molar-refractivity contribution in [3.05, 3.63) is 12.7 Å². The Morgan fingerprint density at radius 3 is 3.15 bits per heavy atom. The predicted octanol–water partition coefficient (Wildman–Crippen LogP) is 1.25. The minimum absolute atomic E-state index is 0.0817. The molecule has 1 heterocycles. The van der Waals surface area contributed by atoms with E-state index in [0.29, 0.717) is 6.10 Å². The van der Waals surface area contributed by atoms with Crippen LogP contribution in [0.25, 0.3) is 0 Å². The van der Waals surface area contributed by atoms with Crippen molar-refractivity contribution in [1.29, 1.82) is 0 Å². The molecular weight excluding hydrogens is 166 g/mol. The molecule has 74 valence electrons. The highest BCUT2D eigenvalue weighted by Gasteiger charge is 2.21. The third-order valence-electron chi connectivity index (χ3n) is 2.35. The van der Waals surface area contributed by atoms with E-state index in [4.69, 9.17) is 4.74 Å². The highest BCUT2D eigenvalue weighted by Crippen LogP contribution is 2.15. The van der Waals surface area contributed by atoms with Gasteiger partial charge in [-0.1, -0.05) is 13.5 Å².